The predicted molar refractivity (Wildman–Crippen MR) is 84.0 cm³/mol. The first-order chi connectivity index (χ1) is 9.43. The number of hydrogen-bond donors (Lipinski definition) is 0. The maximum Gasteiger partial charge on any atom is 0.113 e. The molecule has 0 amide bonds. The molecule has 1 atom stereocenters. The summed E-state index contributed by atoms with van der Waals surface area (Å²) >= 11 is 0. The van der Waals surface area contributed by atoms with Crippen molar-refractivity contribution in [3.63, 3.8) is 0 Å². The molecule has 0 saturated carbocycles. The third-order valence-corrected chi connectivity index (χ3v) is 3.83. The molecular weight excluding hydrogens is 232 g/mol. The number of allylic oxidation sites excluding steroid dienone is 2. The zero-order chi connectivity index (χ0) is 13.6. The van der Waals surface area contributed by atoms with E-state index in [0.717, 1.165) is 0 Å². The minimum atomic E-state index is 0.511. The Hall–Kier alpha value is -0.300. The Morgan fingerprint density at radius 2 is 1.32 bits per heavy atom. The molecule has 0 aliphatic carbocycles. The monoisotopic (exact) mass is 265 g/mol. The van der Waals surface area contributed by atoms with Gasteiger partial charge in [-0.15, -0.1) is 0 Å². The number of epoxide rings is 1. The average molecular weight is 265 g/mol. The van der Waals surface area contributed by atoms with Gasteiger partial charge in [-0.05, 0) is 32.1 Å². The Labute approximate surface area is 120 Å². The van der Waals surface area contributed by atoms with Crippen LogP contribution in [0.5, 0.6) is 0 Å². The van der Waals surface area contributed by atoms with Gasteiger partial charge in [0.1, 0.15) is 6.61 Å². The van der Waals surface area contributed by atoms with Gasteiger partial charge in [-0.25, -0.2) is 0 Å². The number of rotatable bonds is 14. The van der Waals surface area contributed by atoms with Crippen LogP contribution in [0.3, 0.4) is 0 Å². The Kier molecular flexibility index (Phi) is 11.2. The summed E-state index contributed by atoms with van der Waals surface area (Å²) in [6.45, 7) is 4.23. The quantitative estimate of drug-likeness (QED) is 0.207. The summed E-state index contributed by atoms with van der Waals surface area (Å²) < 4.78 is 5.09. The summed E-state index contributed by atoms with van der Waals surface area (Å²) in [7, 11) is 0. The molecule has 1 unspecified atom stereocenters. The maximum absolute atomic E-state index is 5.09. The summed E-state index contributed by atoms with van der Waals surface area (Å²) in [4.78, 5) is 0. The molecular formula is C18H33O. The van der Waals surface area contributed by atoms with Crippen LogP contribution in [0.4, 0.5) is 0 Å². The van der Waals surface area contributed by atoms with Crippen molar-refractivity contribution in [3.05, 3.63) is 18.8 Å². The van der Waals surface area contributed by atoms with Crippen LogP contribution in [0.1, 0.15) is 90.4 Å². The van der Waals surface area contributed by atoms with Crippen LogP contribution in [-0.2, 0) is 4.74 Å². The summed E-state index contributed by atoms with van der Waals surface area (Å²) in [5.41, 5.74) is 0. The lowest BCUT2D eigenvalue weighted by atomic mass is 10.1. The van der Waals surface area contributed by atoms with Gasteiger partial charge < -0.3 is 4.74 Å². The Bertz CT molecular complexity index is 206. The van der Waals surface area contributed by atoms with E-state index in [9.17, 15) is 0 Å². The van der Waals surface area contributed by atoms with Crippen molar-refractivity contribution in [2.75, 3.05) is 0 Å². The first-order valence-electron chi connectivity index (χ1n) is 8.57. The Morgan fingerprint density at radius 1 is 0.789 bits per heavy atom. The van der Waals surface area contributed by atoms with E-state index in [1.54, 1.807) is 0 Å². The molecule has 1 aliphatic heterocycles. The highest BCUT2D eigenvalue weighted by molar-refractivity contribution is 4.83. The van der Waals surface area contributed by atoms with Crippen LogP contribution in [0.2, 0.25) is 0 Å². The second-order valence-corrected chi connectivity index (χ2v) is 5.83. The Balaban J connectivity index is 1.67. The lowest BCUT2D eigenvalue weighted by molar-refractivity contribution is 0.400. The fraction of sp³-hybridized carbons (Fsp3) is 0.833. The van der Waals surface area contributed by atoms with Crippen LogP contribution in [0.25, 0.3) is 0 Å². The van der Waals surface area contributed by atoms with E-state index in [4.69, 9.17) is 4.74 Å². The molecule has 0 bridgehead atoms. The molecule has 111 valence electrons. The number of ether oxygens (including phenoxy) is 1. The lowest BCUT2D eigenvalue weighted by Gasteiger charge is -1.98. The molecule has 1 nitrogen and oxygen atoms in total. The first kappa shape index (κ1) is 16.8. The summed E-state index contributed by atoms with van der Waals surface area (Å²) in [5.74, 6) is 0. The van der Waals surface area contributed by atoms with Crippen LogP contribution >= 0.6 is 0 Å². The molecule has 0 aromatic carbocycles. The van der Waals surface area contributed by atoms with Crippen LogP contribution in [0.15, 0.2) is 12.2 Å². The predicted octanol–water partition coefficient (Wildman–Crippen LogP) is 6.19. The van der Waals surface area contributed by atoms with E-state index in [1.165, 1.54) is 83.5 Å². The standard InChI is InChI=1S/C18H33O/c1-2-3-4-5-6-7-8-9-10-11-12-13-14-15-16-18-17-19-18/h9-10,17-18H,2-8,11-16H2,1H3/b10-9-. The lowest BCUT2D eigenvalue weighted by Crippen LogP contribution is -1.84. The van der Waals surface area contributed by atoms with Crippen molar-refractivity contribution >= 4 is 0 Å². The van der Waals surface area contributed by atoms with Crippen LogP contribution in [0, 0.1) is 6.61 Å². The van der Waals surface area contributed by atoms with E-state index >= 15 is 0 Å². The highest BCUT2D eigenvalue weighted by Gasteiger charge is 2.21. The highest BCUT2D eigenvalue weighted by Crippen LogP contribution is 2.22. The van der Waals surface area contributed by atoms with Gasteiger partial charge in [0, 0.05) is 0 Å². The van der Waals surface area contributed by atoms with Gasteiger partial charge in [0.05, 0.1) is 6.10 Å². The van der Waals surface area contributed by atoms with Gasteiger partial charge in [0.15, 0.2) is 0 Å². The van der Waals surface area contributed by atoms with E-state index in [0.29, 0.717) is 6.10 Å². The molecule has 0 spiro atoms. The minimum Gasteiger partial charge on any atom is -0.367 e. The molecule has 1 aliphatic rings. The molecule has 0 N–H and O–H groups in total. The van der Waals surface area contributed by atoms with Gasteiger partial charge in [-0.1, -0.05) is 70.4 Å². The first-order valence-corrected chi connectivity index (χ1v) is 8.57. The average Bonchev–Trinajstić information content (AvgIpc) is 3.23. The largest absolute Gasteiger partial charge is 0.367 e. The number of hydrogen-bond acceptors (Lipinski definition) is 1. The van der Waals surface area contributed by atoms with Crippen molar-refractivity contribution < 1.29 is 4.74 Å². The molecule has 1 heterocycles. The molecule has 1 rings (SSSR count). The van der Waals surface area contributed by atoms with Crippen LogP contribution in [-0.4, -0.2) is 6.10 Å². The van der Waals surface area contributed by atoms with Gasteiger partial charge in [-0.3, -0.25) is 0 Å². The molecule has 1 saturated heterocycles. The normalized spacial score (nSPS) is 18.3. The topological polar surface area (TPSA) is 12.5 Å². The molecule has 0 aromatic rings. The summed E-state index contributed by atoms with van der Waals surface area (Å²) in [5, 5.41) is 0. The number of unbranched alkanes of at least 4 members (excludes halogenated alkanes) is 10. The van der Waals surface area contributed by atoms with Gasteiger partial charge in [0.2, 0.25) is 0 Å². The van der Waals surface area contributed by atoms with Gasteiger partial charge >= 0.3 is 0 Å². The van der Waals surface area contributed by atoms with Crippen LogP contribution < -0.4 is 0 Å². The van der Waals surface area contributed by atoms with Gasteiger partial charge in [-0.2, -0.15) is 0 Å². The molecule has 1 fully saturated rings. The second-order valence-electron chi connectivity index (χ2n) is 5.83. The van der Waals surface area contributed by atoms with Crippen molar-refractivity contribution in [2.24, 2.45) is 0 Å². The van der Waals surface area contributed by atoms with Crippen molar-refractivity contribution in [1.29, 1.82) is 0 Å². The third-order valence-electron chi connectivity index (χ3n) is 3.83. The van der Waals surface area contributed by atoms with Crippen molar-refractivity contribution in [3.8, 4) is 0 Å². The molecule has 1 radical (unpaired) electrons. The highest BCUT2D eigenvalue weighted by atomic mass is 16.6. The van der Waals surface area contributed by atoms with E-state index in [2.05, 4.69) is 19.1 Å². The van der Waals surface area contributed by atoms with E-state index < -0.39 is 0 Å². The zero-order valence-corrected chi connectivity index (χ0v) is 12.9. The van der Waals surface area contributed by atoms with E-state index in [-0.39, 0.29) is 0 Å². The maximum atomic E-state index is 5.09. The SMILES string of the molecule is CCCCCCCC/C=C\CCCCCCC1[CH]O1. The molecule has 19 heavy (non-hydrogen) atoms. The van der Waals surface area contributed by atoms with Crippen molar-refractivity contribution in [2.45, 2.75) is 96.5 Å². The van der Waals surface area contributed by atoms with E-state index in [1.807, 2.05) is 6.61 Å². The zero-order valence-electron chi connectivity index (χ0n) is 12.9. The molecule has 1 heteroatoms. The summed E-state index contributed by atoms with van der Waals surface area (Å²) in [6.07, 6.45) is 23.0. The third kappa shape index (κ3) is 12.5. The smallest absolute Gasteiger partial charge is 0.113 e. The minimum absolute atomic E-state index is 0.511. The summed E-state index contributed by atoms with van der Waals surface area (Å²) in [6, 6.07) is 0. The Morgan fingerprint density at radius 3 is 1.89 bits per heavy atom. The fourth-order valence-electron chi connectivity index (χ4n) is 2.43. The van der Waals surface area contributed by atoms with Gasteiger partial charge in [0.25, 0.3) is 0 Å². The van der Waals surface area contributed by atoms with Crippen molar-refractivity contribution in [1.82, 2.24) is 0 Å². The fourth-order valence-corrected chi connectivity index (χ4v) is 2.43. The molecule has 0 aromatic heterocycles. The second kappa shape index (κ2) is 12.7.